The second kappa shape index (κ2) is 9.21. The number of thiophene rings is 1. The zero-order valence-electron chi connectivity index (χ0n) is 17.3. The number of nitrogens with zero attached hydrogens (tertiary/aromatic N) is 4. The van der Waals surface area contributed by atoms with Gasteiger partial charge in [-0.25, -0.2) is 9.97 Å². The molecule has 0 fully saturated rings. The second-order valence-corrected chi connectivity index (χ2v) is 8.31. The van der Waals surface area contributed by atoms with E-state index in [4.69, 9.17) is 15.7 Å². The first-order valence-electron chi connectivity index (χ1n) is 10.4. The highest BCUT2D eigenvalue weighted by atomic mass is 32.1. The normalized spacial score (nSPS) is 12.0. The maximum atomic E-state index is 6.43. The van der Waals surface area contributed by atoms with Gasteiger partial charge in [0.25, 0.3) is 0 Å². The molecule has 0 bridgehead atoms. The van der Waals surface area contributed by atoms with Gasteiger partial charge in [0.1, 0.15) is 11.3 Å². The molecule has 1 atom stereocenters. The van der Waals surface area contributed by atoms with E-state index < -0.39 is 0 Å². The van der Waals surface area contributed by atoms with E-state index in [0.717, 1.165) is 40.0 Å². The molecule has 32 heavy (non-hydrogen) atoms. The molecule has 0 amide bonds. The summed E-state index contributed by atoms with van der Waals surface area (Å²) in [4.78, 5) is 18.5. The first-order valence-corrected chi connectivity index (χ1v) is 11.4. The van der Waals surface area contributed by atoms with E-state index in [1.807, 2.05) is 41.8 Å². The molecule has 3 N–H and O–H groups in total. The minimum Gasteiger partial charge on any atom is -0.368 e. The molecular formula is C25H22N6S. The van der Waals surface area contributed by atoms with Crippen molar-refractivity contribution in [2.24, 2.45) is 5.73 Å². The number of benzene rings is 1. The number of hydrogen-bond acceptors (Lipinski definition) is 7. The highest BCUT2D eigenvalue weighted by Crippen LogP contribution is 2.31. The van der Waals surface area contributed by atoms with Crippen LogP contribution in [0.15, 0.2) is 83.9 Å². The molecule has 6 nitrogen and oxygen atoms in total. The number of anilines is 1. The number of aromatic nitrogens is 4. The van der Waals surface area contributed by atoms with E-state index in [0.29, 0.717) is 12.4 Å². The molecule has 0 radical (unpaired) electrons. The lowest BCUT2D eigenvalue weighted by molar-refractivity contribution is 0.698. The Morgan fingerprint density at radius 2 is 1.75 bits per heavy atom. The van der Waals surface area contributed by atoms with E-state index >= 15 is 0 Å². The summed E-state index contributed by atoms with van der Waals surface area (Å²) >= 11 is 1.64. The predicted octanol–water partition coefficient (Wildman–Crippen LogP) is 4.80. The molecule has 0 aliphatic heterocycles. The van der Waals surface area contributed by atoms with Gasteiger partial charge < -0.3 is 11.1 Å². The molecule has 7 heteroatoms. The molecule has 5 rings (SSSR count). The third-order valence-corrected chi connectivity index (χ3v) is 5.90. The van der Waals surface area contributed by atoms with Gasteiger partial charge in [-0.15, -0.1) is 0 Å². The highest BCUT2D eigenvalue weighted by Gasteiger charge is 2.15. The van der Waals surface area contributed by atoms with Crippen molar-refractivity contribution in [3.05, 3.63) is 89.5 Å². The monoisotopic (exact) mass is 438 g/mol. The van der Waals surface area contributed by atoms with Crippen molar-refractivity contribution < 1.29 is 0 Å². The van der Waals surface area contributed by atoms with Crippen LogP contribution in [0.25, 0.3) is 33.5 Å². The highest BCUT2D eigenvalue weighted by molar-refractivity contribution is 7.08. The Morgan fingerprint density at radius 1 is 0.906 bits per heavy atom. The van der Waals surface area contributed by atoms with Crippen molar-refractivity contribution in [2.75, 3.05) is 11.9 Å². The van der Waals surface area contributed by atoms with Crippen LogP contribution in [0, 0.1) is 0 Å². The summed E-state index contributed by atoms with van der Waals surface area (Å²) in [5, 5.41) is 8.52. The summed E-state index contributed by atoms with van der Waals surface area (Å²) in [5.74, 6) is 1.38. The van der Waals surface area contributed by atoms with Crippen molar-refractivity contribution in [1.29, 1.82) is 0 Å². The van der Waals surface area contributed by atoms with Crippen LogP contribution in [-0.4, -0.2) is 32.5 Å². The van der Waals surface area contributed by atoms with Crippen LogP contribution in [-0.2, 0) is 6.42 Å². The van der Waals surface area contributed by atoms with Gasteiger partial charge in [-0.2, -0.15) is 11.3 Å². The number of hydrogen-bond donors (Lipinski definition) is 2. The van der Waals surface area contributed by atoms with Crippen molar-refractivity contribution in [2.45, 2.75) is 12.5 Å². The molecule has 0 aliphatic carbocycles. The lowest BCUT2D eigenvalue weighted by atomic mass is 10.1. The topological polar surface area (TPSA) is 89.6 Å². The van der Waals surface area contributed by atoms with E-state index in [-0.39, 0.29) is 6.04 Å². The molecule has 0 spiro atoms. The van der Waals surface area contributed by atoms with Crippen molar-refractivity contribution >= 4 is 28.1 Å². The van der Waals surface area contributed by atoms with Gasteiger partial charge in [-0.3, -0.25) is 9.97 Å². The first kappa shape index (κ1) is 20.2. The van der Waals surface area contributed by atoms with Gasteiger partial charge >= 0.3 is 0 Å². The van der Waals surface area contributed by atoms with Crippen LogP contribution in [0.4, 0.5) is 5.82 Å². The van der Waals surface area contributed by atoms with Crippen LogP contribution < -0.4 is 11.1 Å². The van der Waals surface area contributed by atoms with E-state index in [1.165, 1.54) is 5.56 Å². The SMILES string of the molecule is N[C@@H](CNc1nc(-c2ccncc2)nc2c(-c3ccsc3)nccc12)Cc1ccccc1. The Bertz CT molecular complexity index is 1310. The molecule has 0 aliphatic rings. The van der Waals surface area contributed by atoms with Crippen molar-refractivity contribution in [3.63, 3.8) is 0 Å². The van der Waals surface area contributed by atoms with Gasteiger partial charge in [0.05, 0.1) is 5.69 Å². The number of rotatable bonds is 7. The van der Waals surface area contributed by atoms with Crippen molar-refractivity contribution in [3.8, 4) is 22.6 Å². The lowest BCUT2D eigenvalue weighted by Gasteiger charge is -2.16. The average Bonchev–Trinajstić information content (AvgIpc) is 3.38. The molecule has 4 heterocycles. The lowest BCUT2D eigenvalue weighted by Crippen LogP contribution is -2.31. The minimum atomic E-state index is -0.0510. The average molecular weight is 439 g/mol. The minimum absolute atomic E-state index is 0.0510. The summed E-state index contributed by atoms with van der Waals surface area (Å²) in [6, 6.07) is 18.1. The largest absolute Gasteiger partial charge is 0.368 e. The molecule has 0 saturated carbocycles. The summed E-state index contributed by atoms with van der Waals surface area (Å²) in [6.45, 7) is 0.590. The number of nitrogens with two attached hydrogens (primary N) is 1. The van der Waals surface area contributed by atoms with Crippen LogP contribution in [0.5, 0.6) is 0 Å². The third kappa shape index (κ3) is 4.34. The van der Waals surface area contributed by atoms with Gasteiger partial charge in [0.15, 0.2) is 5.82 Å². The molecular weight excluding hydrogens is 416 g/mol. The van der Waals surface area contributed by atoms with E-state index in [1.54, 1.807) is 29.9 Å². The molecule has 4 aromatic heterocycles. The Hall–Kier alpha value is -3.68. The Balaban J connectivity index is 1.52. The summed E-state index contributed by atoms with van der Waals surface area (Å²) in [7, 11) is 0. The Kier molecular flexibility index (Phi) is 5.83. The first-order chi connectivity index (χ1) is 15.8. The van der Waals surface area contributed by atoms with Crippen LogP contribution in [0.1, 0.15) is 5.56 Å². The molecule has 1 aromatic carbocycles. The summed E-state index contributed by atoms with van der Waals surface area (Å²) < 4.78 is 0. The zero-order chi connectivity index (χ0) is 21.8. The fraction of sp³-hybridized carbons (Fsp3) is 0.120. The van der Waals surface area contributed by atoms with Gasteiger partial charge in [0.2, 0.25) is 0 Å². The maximum Gasteiger partial charge on any atom is 0.162 e. The molecule has 158 valence electrons. The number of fused-ring (bicyclic) bond motifs is 1. The fourth-order valence-electron chi connectivity index (χ4n) is 3.65. The summed E-state index contributed by atoms with van der Waals surface area (Å²) in [6.07, 6.45) is 6.08. The smallest absolute Gasteiger partial charge is 0.162 e. The fourth-order valence-corrected chi connectivity index (χ4v) is 4.29. The standard InChI is InChI=1S/C25H22N6S/c26-20(14-17-4-2-1-3-5-17)15-29-25-21-8-12-28-22(19-9-13-32-16-19)23(21)30-24(31-25)18-6-10-27-11-7-18/h1-13,16,20H,14-15,26H2,(H,29,30,31)/t20-/m1/s1. The number of nitrogens with one attached hydrogen (secondary N) is 1. The van der Waals surface area contributed by atoms with Gasteiger partial charge in [-0.05, 0) is 41.6 Å². The Labute approximate surface area is 190 Å². The number of pyridine rings is 2. The van der Waals surface area contributed by atoms with E-state index in [2.05, 4.69) is 38.9 Å². The quantitative estimate of drug-likeness (QED) is 0.379. The maximum absolute atomic E-state index is 6.43. The van der Waals surface area contributed by atoms with Gasteiger partial charge in [-0.1, -0.05) is 30.3 Å². The molecule has 0 saturated heterocycles. The predicted molar refractivity (Wildman–Crippen MR) is 130 cm³/mol. The third-order valence-electron chi connectivity index (χ3n) is 5.22. The zero-order valence-corrected chi connectivity index (χ0v) is 18.2. The molecule has 5 aromatic rings. The van der Waals surface area contributed by atoms with Crippen LogP contribution in [0.3, 0.4) is 0 Å². The second-order valence-electron chi connectivity index (χ2n) is 7.53. The van der Waals surface area contributed by atoms with Crippen LogP contribution in [0.2, 0.25) is 0 Å². The van der Waals surface area contributed by atoms with Crippen LogP contribution >= 0.6 is 11.3 Å². The summed E-state index contributed by atoms with van der Waals surface area (Å²) in [5.41, 5.74) is 11.3. The van der Waals surface area contributed by atoms with E-state index in [9.17, 15) is 0 Å². The van der Waals surface area contributed by atoms with Gasteiger partial charge in [0, 0.05) is 53.1 Å². The van der Waals surface area contributed by atoms with Crippen molar-refractivity contribution in [1.82, 2.24) is 19.9 Å². The molecule has 0 unspecified atom stereocenters. The Morgan fingerprint density at radius 3 is 2.53 bits per heavy atom.